The topological polar surface area (TPSA) is 123 Å². The van der Waals surface area contributed by atoms with Crippen LogP contribution in [0.3, 0.4) is 0 Å². The Morgan fingerprint density at radius 3 is 2.08 bits per heavy atom. The summed E-state index contributed by atoms with van der Waals surface area (Å²) in [6.45, 7) is 16.4. The van der Waals surface area contributed by atoms with E-state index < -0.39 is 11.6 Å². The maximum Gasteiger partial charge on any atom is 0.251 e. The molecule has 0 fully saturated rings. The Balaban J connectivity index is 1.78. The Kier molecular flexibility index (Phi) is 8.56. The van der Waals surface area contributed by atoms with E-state index in [0.717, 1.165) is 16.7 Å². The maximum atomic E-state index is 13.2. The zero-order valence-corrected chi connectivity index (χ0v) is 22.9. The maximum absolute atomic E-state index is 13.2. The van der Waals surface area contributed by atoms with Crippen molar-refractivity contribution in [2.24, 2.45) is 10.9 Å². The molecule has 1 amide bonds. The van der Waals surface area contributed by atoms with Crippen LogP contribution in [0.15, 0.2) is 78.4 Å². The first kappa shape index (κ1) is 28.4. The van der Waals surface area contributed by atoms with E-state index in [0.29, 0.717) is 29.1 Å². The summed E-state index contributed by atoms with van der Waals surface area (Å²) in [6, 6.07) is 15.0. The number of benzene rings is 2. The van der Waals surface area contributed by atoms with E-state index in [4.69, 9.17) is 15.7 Å². The molecule has 0 unspecified atom stereocenters. The standard InChI is InChI=1S/C30H37N5O3/c1-19(38-30(5,6)7)25(34-28(36)22-12-14-24(15-13-22)29(2,3)4)16-20-8-10-21(11-9-20)27-32-17-23(18-33-27)26(31)35-37/h8-15,17-18,25,37H,1,16H2,2-7H3,(H2,31,35)(H,34,36)/t25-/m0/s1. The van der Waals surface area contributed by atoms with Crippen molar-refractivity contribution < 1.29 is 14.7 Å². The first-order valence-corrected chi connectivity index (χ1v) is 12.5. The van der Waals surface area contributed by atoms with Gasteiger partial charge in [-0.1, -0.05) is 68.9 Å². The number of amides is 1. The van der Waals surface area contributed by atoms with Crippen LogP contribution in [0.5, 0.6) is 0 Å². The predicted molar refractivity (Wildman–Crippen MR) is 150 cm³/mol. The third-order valence-corrected chi connectivity index (χ3v) is 5.85. The third kappa shape index (κ3) is 7.65. The second-order valence-electron chi connectivity index (χ2n) is 11.2. The molecule has 3 aromatic rings. The molecule has 38 heavy (non-hydrogen) atoms. The Labute approximate surface area is 224 Å². The molecule has 0 spiro atoms. The molecule has 0 bridgehead atoms. The molecule has 0 aliphatic carbocycles. The van der Waals surface area contributed by atoms with Gasteiger partial charge in [-0.25, -0.2) is 9.97 Å². The Bertz CT molecular complexity index is 1280. The zero-order chi connectivity index (χ0) is 28.1. The SMILES string of the molecule is C=C(OC(C)(C)C)[C@H](Cc1ccc(-c2ncc(C(N)=NO)cn2)cc1)NC(=O)c1ccc(C(C)(C)C)cc1. The van der Waals surface area contributed by atoms with Gasteiger partial charge in [0.15, 0.2) is 11.7 Å². The van der Waals surface area contributed by atoms with Gasteiger partial charge >= 0.3 is 0 Å². The van der Waals surface area contributed by atoms with Crippen molar-refractivity contribution in [3.63, 3.8) is 0 Å². The highest BCUT2D eigenvalue weighted by molar-refractivity contribution is 5.96. The lowest BCUT2D eigenvalue weighted by Crippen LogP contribution is -2.40. The molecule has 0 saturated carbocycles. The molecule has 8 nitrogen and oxygen atoms in total. The number of rotatable bonds is 8. The summed E-state index contributed by atoms with van der Waals surface area (Å²) in [6.07, 6.45) is 3.49. The Hall–Kier alpha value is -4.20. The number of carbonyl (C=O) groups excluding carboxylic acids is 1. The Morgan fingerprint density at radius 2 is 1.58 bits per heavy atom. The predicted octanol–water partition coefficient (Wildman–Crippen LogP) is 5.21. The van der Waals surface area contributed by atoms with Gasteiger partial charge in [0, 0.05) is 23.5 Å². The number of nitrogens with two attached hydrogens (primary N) is 1. The van der Waals surface area contributed by atoms with Crippen molar-refractivity contribution in [2.75, 3.05) is 0 Å². The minimum absolute atomic E-state index is 0.00661. The molecule has 4 N–H and O–H groups in total. The number of nitrogens with one attached hydrogen (secondary N) is 1. The third-order valence-electron chi connectivity index (χ3n) is 5.85. The summed E-state index contributed by atoms with van der Waals surface area (Å²) >= 11 is 0. The van der Waals surface area contributed by atoms with Crippen molar-refractivity contribution in [1.82, 2.24) is 15.3 Å². The molecule has 0 aliphatic heterocycles. The molecule has 0 aliphatic rings. The average Bonchev–Trinajstić information content (AvgIpc) is 2.87. The van der Waals surface area contributed by atoms with Gasteiger partial charge in [0.05, 0.1) is 11.6 Å². The van der Waals surface area contributed by atoms with Crippen molar-refractivity contribution in [1.29, 1.82) is 0 Å². The molecule has 1 aromatic heterocycles. The van der Waals surface area contributed by atoms with E-state index in [-0.39, 0.29) is 17.2 Å². The van der Waals surface area contributed by atoms with Crippen LogP contribution < -0.4 is 11.1 Å². The lowest BCUT2D eigenvalue weighted by Gasteiger charge is -2.28. The van der Waals surface area contributed by atoms with Gasteiger partial charge in [0.2, 0.25) is 0 Å². The second-order valence-corrected chi connectivity index (χ2v) is 11.2. The van der Waals surface area contributed by atoms with Gasteiger partial charge in [-0.3, -0.25) is 4.79 Å². The van der Waals surface area contributed by atoms with E-state index in [1.807, 2.05) is 69.3 Å². The number of oxime groups is 1. The van der Waals surface area contributed by atoms with Gasteiger partial charge in [-0.15, -0.1) is 0 Å². The quantitative estimate of drug-likeness (QED) is 0.124. The van der Waals surface area contributed by atoms with Gasteiger partial charge < -0.3 is 21.0 Å². The summed E-state index contributed by atoms with van der Waals surface area (Å²) in [5.74, 6) is 0.756. The molecule has 0 radical (unpaired) electrons. The first-order chi connectivity index (χ1) is 17.8. The molecule has 8 heteroatoms. The first-order valence-electron chi connectivity index (χ1n) is 12.5. The summed E-state index contributed by atoms with van der Waals surface area (Å²) in [4.78, 5) is 21.7. The van der Waals surface area contributed by atoms with Crippen molar-refractivity contribution in [3.8, 4) is 11.4 Å². The highest BCUT2D eigenvalue weighted by Crippen LogP contribution is 2.23. The highest BCUT2D eigenvalue weighted by atomic mass is 16.5. The fraction of sp³-hybridized carbons (Fsp3) is 0.333. The Morgan fingerprint density at radius 1 is 1.00 bits per heavy atom. The number of nitrogens with zero attached hydrogens (tertiary/aromatic N) is 3. The highest BCUT2D eigenvalue weighted by Gasteiger charge is 2.23. The lowest BCUT2D eigenvalue weighted by atomic mass is 9.86. The number of ether oxygens (including phenoxy) is 1. The lowest BCUT2D eigenvalue weighted by molar-refractivity contribution is 0.0390. The van der Waals surface area contributed by atoms with Gasteiger partial charge in [0.1, 0.15) is 11.4 Å². The van der Waals surface area contributed by atoms with Gasteiger partial charge in [0.25, 0.3) is 5.91 Å². The number of hydrogen-bond acceptors (Lipinski definition) is 6. The van der Waals surface area contributed by atoms with Crippen LogP contribution in [0.4, 0.5) is 0 Å². The van der Waals surface area contributed by atoms with Crippen LogP contribution in [-0.4, -0.2) is 38.6 Å². The summed E-state index contributed by atoms with van der Waals surface area (Å²) in [5.41, 5.74) is 9.09. The second kappa shape index (κ2) is 11.5. The largest absolute Gasteiger partial charge is 0.491 e. The van der Waals surface area contributed by atoms with Crippen LogP contribution >= 0.6 is 0 Å². The normalized spacial score (nSPS) is 13.1. The molecule has 2 aromatic carbocycles. The average molecular weight is 516 g/mol. The number of amidine groups is 1. The van der Waals surface area contributed by atoms with Crippen LogP contribution in [-0.2, 0) is 16.6 Å². The van der Waals surface area contributed by atoms with Crippen molar-refractivity contribution in [3.05, 3.63) is 95.5 Å². The fourth-order valence-electron chi connectivity index (χ4n) is 3.77. The summed E-state index contributed by atoms with van der Waals surface area (Å²) in [5, 5.41) is 14.9. The van der Waals surface area contributed by atoms with E-state index >= 15 is 0 Å². The minimum Gasteiger partial charge on any atom is -0.491 e. The molecule has 200 valence electrons. The van der Waals surface area contributed by atoms with Crippen LogP contribution in [0.2, 0.25) is 0 Å². The fourth-order valence-corrected chi connectivity index (χ4v) is 3.77. The molecule has 1 heterocycles. The zero-order valence-electron chi connectivity index (χ0n) is 22.9. The van der Waals surface area contributed by atoms with Crippen molar-refractivity contribution >= 4 is 11.7 Å². The van der Waals surface area contributed by atoms with Crippen LogP contribution in [0.25, 0.3) is 11.4 Å². The molecule has 0 saturated heterocycles. The van der Waals surface area contributed by atoms with E-state index in [1.54, 1.807) is 0 Å². The molecule has 3 rings (SSSR count). The van der Waals surface area contributed by atoms with E-state index in [2.05, 4.69) is 47.8 Å². The monoisotopic (exact) mass is 515 g/mol. The van der Waals surface area contributed by atoms with E-state index in [1.165, 1.54) is 12.4 Å². The molecular formula is C30H37N5O3. The number of aromatic nitrogens is 2. The summed E-state index contributed by atoms with van der Waals surface area (Å²) < 4.78 is 6.04. The summed E-state index contributed by atoms with van der Waals surface area (Å²) in [7, 11) is 0. The van der Waals surface area contributed by atoms with Gasteiger partial charge in [-0.2, -0.15) is 0 Å². The number of carbonyl (C=O) groups is 1. The van der Waals surface area contributed by atoms with E-state index in [9.17, 15) is 4.79 Å². The van der Waals surface area contributed by atoms with Gasteiger partial charge in [-0.05, 0) is 55.9 Å². The smallest absolute Gasteiger partial charge is 0.251 e. The van der Waals surface area contributed by atoms with Crippen molar-refractivity contribution in [2.45, 2.75) is 65.0 Å². The molecule has 1 atom stereocenters. The number of hydrogen-bond donors (Lipinski definition) is 3. The minimum atomic E-state index is -0.452. The van der Waals surface area contributed by atoms with Crippen LogP contribution in [0, 0.1) is 0 Å². The van der Waals surface area contributed by atoms with Crippen LogP contribution in [0.1, 0.15) is 68.6 Å². The molecular weight excluding hydrogens is 478 g/mol.